The Hall–Kier alpha value is -0.790. The summed E-state index contributed by atoms with van der Waals surface area (Å²) >= 11 is 0. The van der Waals surface area contributed by atoms with E-state index in [1.165, 1.54) is 39.0 Å². The Bertz CT molecular complexity index is 452. The molecule has 19 heavy (non-hydrogen) atoms. The molecular formula is C17H26O2. The van der Waals surface area contributed by atoms with Crippen molar-refractivity contribution in [2.45, 2.75) is 59.8 Å². The first kappa shape index (κ1) is 13.2. The van der Waals surface area contributed by atoms with Crippen LogP contribution in [0.1, 0.15) is 59.8 Å². The van der Waals surface area contributed by atoms with Gasteiger partial charge in [0.15, 0.2) is 0 Å². The number of allylic oxidation sites excluding steroid dienone is 1. The molecule has 4 atom stereocenters. The second kappa shape index (κ2) is 3.86. The number of carbonyl (C=O) groups excluding carboxylic acids is 1. The lowest BCUT2D eigenvalue weighted by molar-refractivity contribution is -0.146. The minimum Gasteiger partial charge on any atom is -0.465 e. The van der Waals surface area contributed by atoms with Crippen LogP contribution in [0.3, 0.4) is 0 Å². The molecule has 0 unspecified atom stereocenters. The molecule has 0 N–H and O–H groups in total. The van der Waals surface area contributed by atoms with Crippen molar-refractivity contribution in [2.24, 2.45) is 22.2 Å². The van der Waals surface area contributed by atoms with E-state index in [0.717, 1.165) is 5.92 Å². The first-order chi connectivity index (χ1) is 8.88. The fourth-order valence-electron chi connectivity index (χ4n) is 6.13. The third-order valence-corrected chi connectivity index (χ3v) is 6.78. The van der Waals surface area contributed by atoms with Gasteiger partial charge in [-0.25, -0.2) is 0 Å². The number of hydrogen-bond donors (Lipinski definition) is 0. The monoisotopic (exact) mass is 262 g/mol. The average molecular weight is 262 g/mol. The van der Waals surface area contributed by atoms with E-state index in [-0.39, 0.29) is 11.4 Å². The molecule has 0 radical (unpaired) electrons. The standard InChI is InChI=1S/C17H26O2/c1-12-6-9-16-7-5-8-17(12,16)13(2)10-15(16,4)11-19-14(3)18/h10,12H,5-9,11H2,1-4H3/t12-,15-,16+,17-/m1/s1. The minimum absolute atomic E-state index is 0.0456. The van der Waals surface area contributed by atoms with Crippen molar-refractivity contribution in [3.05, 3.63) is 11.6 Å². The lowest BCUT2D eigenvalue weighted by Crippen LogP contribution is -2.45. The van der Waals surface area contributed by atoms with Crippen LogP contribution in [0.15, 0.2) is 11.6 Å². The molecule has 2 nitrogen and oxygen atoms in total. The van der Waals surface area contributed by atoms with Gasteiger partial charge < -0.3 is 4.74 Å². The molecule has 3 aliphatic rings. The van der Waals surface area contributed by atoms with Gasteiger partial charge in [-0.3, -0.25) is 4.79 Å². The summed E-state index contributed by atoms with van der Waals surface area (Å²) in [5.74, 6) is 0.635. The topological polar surface area (TPSA) is 26.3 Å². The smallest absolute Gasteiger partial charge is 0.302 e. The summed E-state index contributed by atoms with van der Waals surface area (Å²) in [6.45, 7) is 9.16. The highest BCUT2D eigenvalue weighted by molar-refractivity contribution is 5.66. The van der Waals surface area contributed by atoms with Crippen molar-refractivity contribution < 1.29 is 9.53 Å². The molecule has 3 aliphatic carbocycles. The summed E-state index contributed by atoms with van der Waals surface area (Å²) in [5.41, 5.74) is 2.38. The van der Waals surface area contributed by atoms with Crippen LogP contribution < -0.4 is 0 Å². The molecule has 2 saturated carbocycles. The lowest BCUT2D eigenvalue weighted by Gasteiger charge is -2.47. The van der Waals surface area contributed by atoms with Gasteiger partial charge >= 0.3 is 5.97 Å². The Balaban J connectivity index is 2.02. The molecule has 0 aliphatic heterocycles. The fourth-order valence-corrected chi connectivity index (χ4v) is 6.13. The molecule has 0 amide bonds. The van der Waals surface area contributed by atoms with Crippen LogP contribution in [-0.4, -0.2) is 12.6 Å². The van der Waals surface area contributed by atoms with Crippen molar-refractivity contribution in [3.8, 4) is 0 Å². The zero-order chi connectivity index (χ0) is 13.9. The molecule has 0 spiro atoms. The highest BCUT2D eigenvalue weighted by atomic mass is 16.5. The molecule has 2 heteroatoms. The molecule has 0 bridgehead atoms. The second-order valence-electron chi connectivity index (χ2n) is 7.37. The Kier molecular flexibility index (Phi) is 2.69. The first-order valence-corrected chi connectivity index (χ1v) is 7.71. The van der Waals surface area contributed by atoms with Gasteiger partial charge in [-0.1, -0.05) is 31.9 Å². The van der Waals surface area contributed by atoms with Crippen molar-refractivity contribution in [2.75, 3.05) is 6.61 Å². The Morgan fingerprint density at radius 2 is 2.16 bits per heavy atom. The van der Waals surface area contributed by atoms with Gasteiger partial charge in [-0.05, 0) is 43.9 Å². The normalized spacial score (nSPS) is 47.8. The summed E-state index contributed by atoms with van der Waals surface area (Å²) in [6.07, 6.45) is 9.08. The highest BCUT2D eigenvalue weighted by Gasteiger charge is 2.71. The Morgan fingerprint density at radius 3 is 2.84 bits per heavy atom. The van der Waals surface area contributed by atoms with Crippen molar-refractivity contribution in [3.63, 3.8) is 0 Å². The summed E-state index contributed by atoms with van der Waals surface area (Å²) in [6, 6.07) is 0. The summed E-state index contributed by atoms with van der Waals surface area (Å²) in [5, 5.41) is 0. The number of ether oxygens (including phenoxy) is 1. The van der Waals surface area contributed by atoms with Crippen LogP contribution >= 0.6 is 0 Å². The zero-order valence-corrected chi connectivity index (χ0v) is 12.7. The fraction of sp³-hybridized carbons (Fsp3) is 0.824. The van der Waals surface area contributed by atoms with Gasteiger partial charge in [0.05, 0.1) is 0 Å². The molecular weight excluding hydrogens is 236 g/mol. The summed E-state index contributed by atoms with van der Waals surface area (Å²) in [7, 11) is 0. The number of esters is 1. The van der Waals surface area contributed by atoms with E-state index >= 15 is 0 Å². The van der Waals surface area contributed by atoms with Crippen molar-refractivity contribution in [1.29, 1.82) is 0 Å². The maximum atomic E-state index is 11.2. The van der Waals surface area contributed by atoms with Crippen LogP contribution in [0.25, 0.3) is 0 Å². The summed E-state index contributed by atoms with van der Waals surface area (Å²) in [4.78, 5) is 11.2. The predicted molar refractivity (Wildman–Crippen MR) is 75.6 cm³/mol. The molecule has 3 rings (SSSR count). The van der Waals surface area contributed by atoms with Crippen LogP contribution in [0, 0.1) is 22.2 Å². The molecule has 106 valence electrons. The van der Waals surface area contributed by atoms with Crippen LogP contribution in [-0.2, 0) is 9.53 Å². The van der Waals surface area contributed by atoms with Crippen LogP contribution in [0.2, 0.25) is 0 Å². The number of carbonyl (C=O) groups is 1. The van der Waals surface area contributed by atoms with Crippen LogP contribution in [0.4, 0.5) is 0 Å². The van der Waals surface area contributed by atoms with E-state index in [4.69, 9.17) is 4.74 Å². The predicted octanol–water partition coefficient (Wildman–Crippen LogP) is 4.10. The van der Waals surface area contributed by atoms with Gasteiger partial charge in [0.1, 0.15) is 6.61 Å². The van der Waals surface area contributed by atoms with E-state index in [2.05, 4.69) is 26.8 Å². The average Bonchev–Trinajstić information content (AvgIpc) is 2.90. The van der Waals surface area contributed by atoms with E-state index in [1.54, 1.807) is 5.57 Å². The Labute approximate surface area is 116 Å². The zero-order valence-electron chi connectivity index (χ0n) is 12.7. The second-order valence-corrected chi connectivity index (χ2v) is 7.37. The lowest BCUT2D eigenvalue weighted by atomic mass is 9.56. The maximum Gasteiger partial charge on any atom is 0.302 e. The van der Waals surface area contributed by atoms with Gasteiger partial charge in [-0.15, -0.1) is 0 Å². The van der Waals surface area contributed by atoms with E-state index in [9.17, 15) is 4.79 Å². The highest BCUT2D eigenvalue weighted by Crippen LogP contribution is 2.78. The van der Waals surface area contributed by atoms with Gasteiger partial charge in [0.25, 0.3) is 0 Å². The van der Waals surface area contributed by atoms with E-state index in [1.807, 2.05) is 0 Å². The van der Waals surface area contributed by atoms with E-state index < -0.39 is 0 Å². The number of hydrogen-bond acceptors (Lipinski definition) is 2. The number of rotatable bonds is 2. The quantitative estimate of drug-likeness (QED) is 0.553. The third kappa shape index (κ3) is 1.35. The maximum absolute atomic E-state index is 11.2. The van der Waals surface area contributed by atoms with Crippen LogP contribution in [0.5, 0.6) is 0 Å². The summed E-state index contributed by atoms with van der Waals surface area (Å²) < 4.78 is 5.44. The SMILES string of the molecule is CC(=O)OC[C@@]1(C)C=C(C)[C@]23CCC[C@@]21CC[C@H]3C. The minimum atomic E-state index is -0.148. The molecule has 0 aromatic rings. The Morgan fingerprint density at radius 1 is 1.42 bits per heavy atom. The molecule has 0 heterocycles. The van der Waals surface area contributed by atoms with Gasteiger partial charge in [0.2, 0.25) is 0 Å². The van der Waals surface area contributed by atoms with E-state index in [0.29, 0.717) is 17.4 Å². The molecule has 0 aromatic carbocycles. The van der Waals surface area contributed by atoms with Crippen molar-refractivity contribution in [1.82, 2.24) is 0 Å². The van der Waals surface area contributed by atoms with Gasteiger partial charge in [0, 0.05) is 17.8 Å². The third-order valence-electron chi connectivity index (χ3n) is 6.78. The first-order valence-electron chi connectivity index (χ1n) is 7.71. The van der Waals surface area contributed by atoms with Gasteiger partial charge in [-0.2, -0.15) is 0 Å². The largest absolute Gasteiger partial charge is 0.465 e. The van der Waals surface area contributed by atoms with Crippen molar-refractivity contribution >= 4 is 5.97 Å². The molecule has 0 saturated heterocycles. The molecule has 2 fully saturated rings. The molecule has 0 aromatic heterocycles.